The molecule has 3 unspecified atom stereocenters. The van der Waals surface area contributed by atoms with Gasteiger partial charge in [-0.2, -0.15) is 0 Å². The summed E-state index contributed by atoms with van der Waals surface area (Å²) in [7, 11) is 0. The van der Waals surface area contributed by atoms with Crippen molar-refractivity contribution < 1.29 is 4.79 Å². The maximum Gasteiger partial charge on any atom is 0.162 e. The van der Waals surface area contributed by atoms with Gasteiger partial charge in [-0.1, -0.05) is 38.5 Å². The average molecular weight is 206 g/mol. The lowest BCUT2D eigenvalue weighted by Crippen LogP contribution is -2.41. The Morgan fingerprint density at radius 3 is 2.60 bits per heavy atom. The van der Waals surface area contributed by atoms with Gasteiger partial charge in [0.05, 0.1) is 0 Å². The van der Waals surface area contributed by atoms with Crippen LogP contribution in [0.3, 0.4) is 0 Å². The molecule has 0 radical (unpaired) electrons. The first-order valence-electron chi connectivity index (χ1n) is 5.77. The second-order valence-corrected chi connectivity index (χ2v) is 5.05. The molecule has 1 rings (SSSR count). The Morgan fingerprint density at radius 1 is 1.53 bits per heavy atom. The number of ketones is 1. The van der Waals surface area contributed by atoms with Gasteiger partial charge in [0.15, 0.2) is 5.78 Å². The zero-order valence-corrected chi connectivity index (χ0v) is 10.5. The third-order valence-corrected chi connectivity index (χ3v) is 3.98. The van der Waals surface area contributed by atoms with E-state index < -0.39 is 0 Å². The summed E-state index contributed by atoms with van der Waals surface area (Å²) >= 11 is 0. The molecule has 0 N–H and O–H groups in total. The minimum Gasteiger partial charge on any atom is -0.294 e. The molecule has 1 nitrogen and oxygen atoms in total. The number of hydrogen-bond acceptors (Lipinski definition) is 1. The van der Waals surface area contributed by atoms with Gasteiger partial charge in [0.25, 0.3) is 0 Å². The van der Waals surface area contributed by atoms with Crippen molar-refractivity contribution in [2.75, 3.05) is 0 Å². The van der Waals surface area contributed by atoms with Crippen LogP contribution in [-0.2, 0) is 4.79 Å². The van der Waals surface area contributed by atoms with Crippen molar-refractivity contribution in [1.82, 2.24) is 0 Å². The highest BCUT2D eigenvalue weighted by Crippen LogP contribution is 2.44. The molecule has 1 heteroatoms. The molecule has 0 aromatic carbocycles. The van der Waals surface area contributed by atoms with E-state index in [1.165, 1.54) is 5.57 Å². The second kappa shape index (κ2) is 4.34. The molecular weight excluding hydrogens is 184 g/mol. The van der Waals surface area contributed by atoms with Crippen molar-refractivity contribution in [1.29, 1.82) is 0 Å². The normalized spacial score (nSPS) is 36.7. The Bertz CT molecular complexity index is 311. The van der Waals surface area contributed by atoms with Crippen molar-refractivity contribution in [3.05, 3.63) is 23.8 Å². The maximum absolute atomic E-state index is 12.1. The Hall–Kier alpha value is -0.850. The topological polar surface area (TPSA) is 17.1 Å². The van der Waals surface area contributed by atoms with Gasteiger partial charge in [0.1, 0.15) is 0 Å². The van der Waals surface area contributed by atoms with E-state index in [0.29, 0.717) is 11.8 Å². The van der Waals surface area contributed by atoms with Crippen molar-refractivity contribution in [3.63, 3.8) is 0 Å². The molecular formula is C14H22O. The fourth-order valence-electron chi connectivity index (χ4n) is 2.61. The van der Waals surface area contributed by atoms with Crippen LogP contribution in [0.4, 0.5) is 0 Å². The van der Waals surface area contributed by atoms with Crippen molar-refractivity contribution in [2.24, 2.45) is 17.3 Å². The van der Waals surface area contributed by atoms with Crippen LogP contribution >= 0.6 is 0 Å². The van der Waals surface area contributed by atoms with Gasteiger partial charge in [-0.15, -0.1) is 0 Å². The molecule has 0 bridgehead atoms. The Labute approximate surface area is 93.3 Å². The van der Waals surface area contributed by atoms with E-state index in [1.807, 2.05) is 13.0 Å². The van der Waals surface area contributed by atoms with E-state index in [4.69, 9.17) is 0 Å². The fourth-order valence-corrected chi connectivity index (χ4v) is 2.61. The number of hydrogen-bond donors (Lipinski definition) is 0. The maximum atomic E-state index is 12.1. The van der Waals surface area contributed by atoms with Gasteiger partial charge in [0.2, 0.25) is 0 Å². The molecule has 1 aliphatic rings. The van der Waals surface area contributed by atoms with E-state index in [2.05, 4.69) is 33.8 Å². The van der Waals surface area contributed by atoms with Gasteiger partial charge < -0.3 is 0 Å². The number of allylic oxidation sites excluding steroid dienone is 4. The van der Waals surface area contributed by atoms with Crippen molar-refractivity contribution in [2.45, 2.75) is 41.0 Å². The van der Waals surface area contributed by atoms with E-state index in [9.17, 15) is 4.79 Å². The molecule has 0 spiro atoms. The molecule has 0 saturated heterocycles. The smallest absolute Gasteiger partial charge is 0.162 e. The van der Waals surface area contributed by atoms with Crippen LogP contribution in [0.15, 0.2) is 23.8 Å². The highest BCUT2D eigenvalue weighted by molar-refractivity contribution is 5.95. The van der Waals surface area contributed by atoms with Crippen LogP contribution in [0.2, 0.25) is 0 Å². The molecule has 0 aromatic rings. The summed E-state index contributed by atoms with van der Waals surface area (Å²) in [6, 6.07) is 0. The lowest BCUT2D eigenvalue weighted by atomic mass is 9.61. The van der Waals surface area contributed by atoms with Gasteiger partial charge >= 0.3 is 0 Å². The third kappa shape index (κ3) is 2.06. The van der Waals surface area contributed by atoms with Crippen LogP contribution in [0.1, 0.15) is 41.0 Å². The molecule has 15 heavy (non-hydrogen) atoms. The van der Waals surface area contributed by atoms with Crippen molar-refractivity contribution >= 4 is 5.78 Å². The summed E-state index contributed by atoms with van der Waals surface area (Å²) in [6.45, 7) is 10.5. The predicted molar refractivity (Wildman–Crippen MR) is 64.6 cm³/mol. The third-order valence-electron chi connectivity index (χ3n) is 3.98. The van der Waals surface area contributed by atoms with Crippen LogP contribution in [0, 0.1) is 17.3 Å². The fraction of sp³-hybridized carbons (Fsp3) is 0.643. The van der Waals surface area contributed by atoms with Crippen LogP contribution < -0.4 is 0 Å². The minimum atomic E-state index is -0.216. The van der Waals surface area contributed by atoms with Crippen LogP contribution in [0.25, 0.3) is 0 Å². The number of carbonyl (C=O) groups is 1. The van der Waals surface area contributed by atoms with Gasteiger partial charge in [0, 0.05) is 5.41 Å². The van der Waals surface area contributed by atoms with E-state index >= 15 is 0 Å². The molecule has 84 valence electrons. The molecule has 0 aromatic heterocycles. The number of carbonyl (C=O) groups excluding carboxylic acids is 1. The molecule has 0 amide bonds. The summed E-state index contributed by atoms with van der Waals surface area (Å²) in [5, 5.41) is 0. The first-order valence-corrected chi connectivity index (χ1v) is 5.77. The first-order chi connectivity index (χ1) is 6.92. The van der Waals surface area contributed by atoms with E-state index in [1.54, 1.807) is 6.08 Å². The predicted octanol–water partition coefficient (Wildman–Crippen LogP) is 3.76. The minimum absolute atomic E-state index is 0.216. The molecule has 0 saturated carbocycles. The van der Waals surface area contributed by atoms with E-state index in [0.717, 1.165) is 6.42 Å². The zero-order chi connectivity index (χ0) is 11.6. The highest BCUT2D eigenvalue weighted by Gasteiger charge is 2.43. The molecule has 1 aliphatic carbocycles. The highest BCUT2D eigenvalue weighted by atomic mass is 16.1. The summed E-state index contributed by atoms with van der Waals surface area (Å²) in [5.74, 6) is 1.04. The van der Waals surface area contributed by atoms with Gasteiger partial charge in [-0.05, 0) is 38.2 Å². The molecule has 0 heterocycles. The zero-order valence-electron chi connectivity index (χ0n) is 10.5. The van der Waals surface area contributed by atoms with Crippen LogP contribution in [-0.4, -0.2) is 5.78 Å². The molecule has 0 fully saturated rings. The van der Waals surface area contributed by atoms with Gasteiger partial charge in [-0.3, -0.25) is 4.79 Å². The molecule has 0 aliphatic heterocycles. The standard InChI is InChI=1S/C14H22O/c1-6-7-13(15)14(5)11(3)8-10(2)9-12(14)4/h6-8,11-12H,9H2,1-5H3/b7-6+. The Morgan fingerprint density at radius 2 is 2.13 bits per heavy atom. The summed E-state index contributed by atoms with van der Waals surface area (Å²) in [5.41, 5.74) is 1.20. The second-order valence-electron chi connectivity index (χ2n) is 5.05. The Balaban J connectivity index is 3.06. The SMILES string of the molecule is C/C=C/C(=O)C1(C)C(C)C=C(C)CC1C. The summed E-state index contributed by atoms with van der Waals surface area (Å²) < 4.78 is 0. The van der Waals surface area contributed by atoms with Gasteiger partial charge in [-0.25, -0.2) is 0 Å². The largest absolute Gasteiger partial charge is 0.294 e. The molecule has 3 atom stereocenters. The summed E-state index contributed by atoms with van der Waals surface area (Å²) in [6.07, 6.45) is 6.87. The average Bonchev–Trinajstić information content (AvgIpc) is 2.14. The lowest BCUT2D eigenvalue weighted by Gasteiger charge is -2.41. The summed E-state index contributed by atoms with van der Waals surface area (Å²) in [4.78, 5) is 12.1. The Kier molecular flexibility index (Phi) is 3.54. The number of rotatable bonds is 2. The lowest BCUT2D eigenvalue weighted by molar-refractivity contribution is -0.128. The van der Waals surface area contributed by atoms with Crippen LogP contribution in [0.5, 0.6) is 0 Å². The quantitative estimate of drug-likeness (QED) is 0.496. The first kappa shape index (κ1) is 12.2. The van der Waals surface area contributed by atoms with E-state index in [-0.39, 0.29) is 11.2 Å². The monoisotopic (exact) mass is 206 g/mol. The van der Waals surface area contributed by atoms with Crippen molar-refractivity contribution in [3.8, 4) is 0 Å².